The highest BCUT2D eigenvalue weighted by atomic mass is 32.2. The SMILES string of the molecule is O=C(CS(=O)(=O)c1n[nH]c(C2CC2)n1)N1CCCC2CCCCC21. The predicted molar refractivity (Wildman–Crippen MR) is 87.1 cm³/mol. The Morgan fingerprint density at radius 2 is 1.88 bits per heavy atom. The number of sulfone groups is 1. The first-order valence-electron chi connectivity index (χ1n) is 8.99. The highest BCUT2D eigenvalue weighted by Gasteiger charge is 2.38. The third kappa shape index (κ3) is 3.08. The van der Waals surface area contributed by atoms with Gasteiger partial charge < -0.3 is 4.90 Å². The van der Waals surface area contributed by atoms with Crippen molar-refractivity contribution in [1.29, 1.82) is 0 Å². The van der Waals surface area contributed by atoms with Crippen LogP contribution in [0, 0.1) is 5.92 Å². The Bertz CT molecular complexity index is 723. The monoisotopic (exact) mass is 352 g/mol. The lowest BCUT2D eigenvalue weighted by Crippen LogP contribution is -2.51. The lowest BCUT2D eigenvalue weighted by Gasteiger charge is -2.44. The first-order chi connectivity index (χ1) is 11.5. The molecule has 0 aromatic carbocycles. The maximum atomic E-state index is 12.7. The van der Waals surface area contributed by atoms with Gasteiger partial charge in [-0.15, -0.1) is 5.10 Å². The van der Waals surface area contributed by atoms with Crippen LogP contribution in [-0.2, 0) is 14.6 Å². The molecule has 0 spiro atoms. The zero-order valence-corrected chi connectivity index (χ0v) is 14.6. The summed E-state index contributed by atoms with van der Waals surface area (Å²) in [6, 6.07) is 0.226. The van der Waals surface area contributed by atoms with Gasteiger partial charge in [0.25, 0.3) is 5.16 Å². The van der Waals surface area contributed by atoms with Gasteiger partial charge in [0.15, 0.2) is 0 Å². The van der Waals surface area contributed by atoms with Crippen LogP contribution in [-0.4, -0.2) is 52.7 Å². The molecule has 2 saturated carbocycles. The molecule has 132 valence electrons. The fraction of sp³-hybridized carbons (Fsp3) is 0.812. The molecule has 0 bridgehead atoms. The van der Waals surface area contributed by atoms with Crippen LogP contribution in [0.1, 0.15) is 63.1 Å². The second-order valence-corrected chi connectivity index (χ2v) is 9.26. The van der Waals surface area contributed by atoms with Gasteiger partial charge in [-0.2, -0.15) is 0 Å². The minimum atomic E-state index is -3.78. The predicted octanol–water partition coefficient (Wildman–Crippen LogP) is 1.64. The zero-order chi connectivity index (χ0) is 16.7. The van der Waals surface area contributed by atoms with Crippen molar-refractivity contribution in [1.82, 2.24) is 20.1 Å². The summed E-state index contributed by atoms with van der Waals surface area (Å²) in [7, 11) is -3.78. The van der Waals surface area contributed by atoms with Gasteiger partial charge in [0.2, 0.25) is 15.7 Å². The maximum absolute atomic E-state index is 12.7. The molecule has 1 aliphatic heterocycles. The maximum Gasteiger partial charge on any atom is 0.267 e. The second-order valence-electron chi connectivity index (χ2n) is 7.38. The van der Waals surface area contributed by atoms with Gasteiger partial charge in [-0.3, -0.25) is 9.89 Å². The van der Waals surface area contributed by atoms with Gasteiger partial charge in [0.1, 0.15) is 11.6 Å². The quantitative estimate of drug-likeness (QED) is 0.888. The number of piperidine rings is 1. The Hall–Kier alpha value is -1.44. The van der Waals surface area contributed by atoms with Crippen molar-refractivity contribution in [3.63, 3.8) is 0 Å². The molecule has 24 heavy (non-hydrogen) atoms. The number of rotatable bonds is 4. The lowest BCUT2D eigenvalue weighted by atomic mass is 9.78. The van der Waals surface area contributed by atoms with Gasteiger partial charge >= 0.3 is 0 Å². The molecule has 1 N–H and O–H groups in total. The van der Waals surface area contributed by atoms with E-state index in [1.165, 1.54) is 6.42 Å². The van der Waals surface area contributed by atoms with E-state index in [9.17, 15) is 13.2 Å². The summed E-state index contributed by atoms with van der Waals surface area (Å²) in [5.74, 6) is 0.681. The van der Waals surface area contributed by atoms with Crippen LogP contribution in [0.15, 0.2) is 5.16 Å². The van der Waals surface area contributed by atoms with Crippen molar-refractivity contribution in [2.45, 2.75) is 68.5 Å². The number of carbonyl (C=O) groups is 1. The molecule has 1 aromatic rings. The van der Waals surface area contributed by atoms with Crippen molar-refractivity contribution < 1.29 is 13.2 Å². The van der Waals surface area contributed by atoms with E-state index in [2.05, 4.69) is 15.2 Å². The van der Waals surface area contributed by atoms with E-state index in [1.807, 2.05) is 4.90 Å². The molecule has 8 heteroatoms. The number of H-pyrrole nitrogens is 1. The number of fused-ring (bicyclic) bond motifs is 1. The van der Waals surface area contributed by atoms with Gasteiger partial charge in [-0.25, -0.2) is 13.4 Å². The Labute approximate surface area is 142 Å². The largest absolute Gasteiger partial charge is 0.339 e. The molecule has 1 saturated heterocycles. The summed E-state index contributed by atoms with van der Waals surface area (Å²) >= 11 is 0. The van der Waals surface area contributed by atoms with Gasteiger partial charge in [-0.1, -0.05) is 12.8 Å². The van der Waals surface area contributed by atoms with Crippen LogP contribution >= 0.6 is 0 Å². The van der Waals surface area contributed by atoms with E-state index in [0.29, 0.717) is 24.2 Å². The van der Waals surface area contributed by atoms with E-state index in [1.54, 1.807) is 0 Å². The van der Waals surface area contributed by atoms with E-state index in [-0.39, 0.29) is 17.1 Å². The number of nitrogens with one attached hydrogen (secondary N) is 1. The Morgan fingerprint density at radius 1 is 1.12 bits per heavy atom. The van der Waals surface area contributed by atoms with Crippen LogP contribution in [0.3, 0.4) is 0 Å². The number of hydrogen-bond donors (Lipinski definition) is 1. The molecule has 3 aliphatic rings. The van der Waals surface area contributed by atoms with Crippen molar-refractivity contribution in [2.75, 3.05) is 12.3 Å². The first-order valence-corrected chi connectivity index (χ1v) is 10.6. The fourth-order valence-corrected chi connectivity index (χ4v) is 5.22. The molecule has 2 unspecified atom stereocenters. The van der Waals surface area contributed by atoms with E-state index < -0.39 is 15.6 Å². The average Bonchev–Trinajstić information content (AvgIpc) is 3.30. The Balaban J connectivity index is 1.47. The number of amides is 1. The fourth-order valence-electron chi connectivity index (χ4n) is 4.18. The molecule has 1 amide bonds. The summed E-state index contributed by atoms with van der Waals surface area (Å²) in [5.41, 5.74) is 0. The Kier molecular flexibility index (Phi) is 4.10. The molecule has 1 aromatic heterocycles. The minimum Gasteiger partial charge on any atom is -0.339 e. The highest BCUT2D eigenvalue weighted by molar-refractivity contribution is 7.91. The summed E-state index contributed by atoms with van der Waals surface area (Å²) in [6.45, 7) is 0.677. The van der Waals surface area contributed by atoms with Crippen LogP contribution in [0.4, 0.5) is 0 Å². The number of hydrogen-bond acceptors (Lipinski definition) is 5. The summed E-state index contributed by atoms with van der Waals surface area (Å²) in [6.07, 6.45) is 8.68. The van der Waals surface area contributed by atoms with Crippen LogP contribution in [0.5, 0.6) is 0 Å². The topological polar surface area (TPSA) is 96.0 Å². The van der Waals surface area contributed by atoms with E-state index in [0.717, 1.165) is 44.9 Å². The van der Waals surface area contributed by atoms with Gasteiger partial charge in [0, 0.05) is 18.5 Å². The summed E-state index contributed by atoms with van der Waals surface area (Å²) in [5, 5.41) is 6.31. The molecule has 2 atom stereocenters. The number of likely N-dealkylation sites (tertiary alicyclic amines) is 1. The minimum absolute atomic E-state index is 0.226. The molecule has 4 rings (SSSR count). The van der Waals surface area contributed by atoms with Crippen LogP contribution in [0.2, 0.25) is 0 Å². The van der Waals surface area contributed by atoms with E-state index >= 15 is 0 Å². The number of aromatic amines is 1. The van der Waals surface area contributed by atoms with E-state index in [4.69, 9.17) is 0 Å². The number of aromatic nitrogens is 3. The molecule has 7 nitrogen and oxygen atoms in total. The standard InChI is InChI=1S/C16H24N4O3S/c21-14(20-9-3-5-11-4-1-2-6-13(11)20)10-24(22,23)16-17-15(18-19-16)12-7-8-12/h11-13H,1-10H2,(H,17,18,19). The average molecular weight is 352 g/mol. The van der Waals surface area contributed by atoms with Gasteiger partial charge in [-0.05, 0) is 44.4 Å². The summed E-state index contributed by atoms with van der Waals surface area (Å²) in [4.78, 5) is 18.6. The number of nitrogens with zero attached hydrogens (tertiary/aromatic N) is 3. The highest BCUT2D eigenvalue weighted by Crippen LogP contribution is 2.38. The first kappa shape index (κ1) is 16.1. The van der Waals surface area contributed by atoms with Crippen LogP contribution < -0.4 is 0 Å². The smallest absolute Gasteiger partial charge is 0.267 e. The third-order valence-electron chi connectivity index (χ3n) is 5.60. The van der Waals surface area contributed by atoms with Crippen molar-refractivity contribution in [3.8, 4) is 0 Å². The van der Waals surface area contributed by atoms with Crippen molar-refractivity contribution in [3.05, 3.63) is 5.82 Å². The molecule has 3 fully saturated rings. The molecule has 2 aliphatic carbocycles. The summed E-state index contributed by atoms with van der Waals surface area (Å²) < 4.78 is 25.0. The molecular formula is C16H24N4O3S. The zero-order valence-electron chi connectivity index (χ0n) is 13.8. The van der Waals surface area contributed by atoms with Crippen LogP contribution in [0.25, 0.3) is 0 Å². The normalized spacial score (nSPS) is 27.8. The molecule has 2 heterocycles. The number of carbonyl (C=O) groups excluding carboxylic acids is 1. The third-order valence-corrected chi connectivity index (χ3v) is 6.97. The second kappa shape index (κ2) is 6.13. The Morgan fingerprint density at radius 3 is 2.67 bits per heavy atom. The lowest BCUT2D eigenvalue weighted by molar-refractivity contribution is -0.134. The molecule has 0 radical (unpaired) electrons. The molecular weight excluding hydrogens is 328 g/mol. The van der Waals surface area contributed by atoms with Crippen molar-refractivity contribution >= 4 is 15.7 Å². The van der Waals surface area contributed by atoms with Crippen molar-refractivity contribution in [2.24, 2.45) is 5.92 Å². The van der Waals surface area contributed by atoms with Gasteiger partial charge in [0.05, 0.1) is 0 Å².